The minimum atomic E-state index is 0.264. The number of aryl methyl sites for hydroxylation is 1. The molecule has 0 aliphatic carbocycles. The van der Waals surface area contributed by atoms with E-state index in [9.17, 15) is 0 Å². The van der Waals surface area contributed by atoms with Crippen molar-refractivity contribution in [2.24, 2.45) is 0 Å². The number of hydrogen-bond acceptors (Lipinski definition) is 4. The van der Waals surface area contributed by atoms with E-state index in [1.165, 1.54) is 0 Å². The molecule has 0 aromatic carbocycles. The maximum absolute atomic E-state index is 5.28. The van der Waals surface area contributed by atoms with Gasteiger partial charge in [0.15, 0.2) is 0 Å². The number of nitrogens with one attached hydrogen (secondary N) is 1. The van der Waals surface area contributed by atoms with Crippen LogP contribution in [0.15, 0.2) is 6.33 Å². The van der Waals surface area contributed by atoms with Gasteiger partial charge < -0.3 is 10.1 Å². The van der Waals surface area contributed by atoms with Crippen molar-refractivity contribution in [1.82, 2.24) is 20.1 Å². The summed E-state index contributed by atoms with van der Waals surface area (Å²) in [7, 11) is 1.75. The fraction of sp³-hybridized carbons (Fsp3) is 0.833. The molecule has 1 aromatic rings. The van der Waals surface area contributed by atoms with Crippen LogP contribution in [0.2, 0.25) is 0 Å². The molecule has 0 bridgehead atoms. The molecule has 1 aromatic heterocycles. The first-order chi connectivity index (χ1) is 8.22. The first kappa shape index (κ1) is 14.1. The van der Waals surface area contributed by atoms with Crippen molar-refractivity contribution >= 4 is 0 Å². The Morgan fingerprint density at radius 2 is 2.18 bits per heavy atom. The molecule has 1 rings (SSSR count). The first-order valence-corrected chi connectivity index (χ1v) is 6.36. The molecule has 2 atom stereocenters. The van der Waals surface area contributed by atoms with Crippen LogP contribution in [0, 0.1) is 0 Å². The van der Waals surface area contributed by atoms with Crippen LogP contribution in [-0.2, 0) is 11.3 Å². The molecule has 0 saturated heterocycles. The van der Waals surface area contributed by atoms with Crippen molar-refractivity contribution in [3.63, 3.8) is 0 Å². The Morgan fingerprint density at radius 3 is 2.76 bits per heavy atom. The maximum atomic E-state index is 5.28. The summed E-state index contributed by atoms with van der Waals surface area (Å²) in [5, 5.41) is 7.68. The average molecular weight is 240 g/mol. The van der Waals surface area contributed by atoms with E-state index in [4.69, 9.17) is 4.74 Å². The second kappa shape index (κ2) is 7.40. The highest BCUT2D eigenvalue weighted by molar-refractivity contribution is 4.94. The van der Waals surface area contributed by atoms with Gasteiger partial charge in [-0.2, -0.15) is 5.10 Å². The number of methoxy groups -OCH3 is 1. The van der Waals surface area contributed by atoms with E-state index in [0.29, 0.717) is 0 Å². The highest BCUT2D eigenvalue weighted by atomic mass is 16.5. The zero-order valence-electron chi connectivity index (χ0n) is 11.3. The number of nitrogens with zero attached hydrogens (tertiary/aromatic N) is 3. The zero-order chi connectivity index (χ0) is 12.7. The van der Waals surface area contributed by atoms with E-state index < -0.39 is 0 Å². The maximum Gasteiger partial charge on any atom is 0.143 e. The highest BCUT2D eigenvalue weighted by Gasteiger charge is 2.17. The summed E-state index contributed by atoms with van der Waals surface area (Å²) in [6.45, 7) is 8.07. The Labute approximate surface area is 104 Å². The van der Waals surface area contributed by atoms with Crippen LogP contribution in [0.1, 0.15) is 45.5 Å². The minimum Gasteiger partial charge on any atom is -0.382 e. The second-order valence-electron chi connectivity index (χ2n) is 4.17. The van der Waals surface area contributed by atoms with Gasteiger partial charge in [0, 0.05) is 13.7 Å². The van der Waals surface area contributed by atoms with E-state index in [0.717, 1.165) is 31.8 Å². The van der Waals surface area contributed by atoms with Crippen LogP contribution in [0.25, 0.3) is 0 Å². The predicted octanol–water partition coefficient (Wildman–Crippen LogP) is 1.76. The molecular weight excluding hydrogens is 216 g/mol. The summed E-state index contributed by atoms with van der Waals surface area (Å²) in [5.41, 5.74) is 0. The Kier molecular flexibility index (Phi) is 6.15. The smallest absolute Gasteiger partial charge is 0.143 e. The van der Waals surface area contributed by atoms with Gasteiger partial charge in [-0.3, -0.25) is 0 Å². The molecule has 5 nitrogen and oxygen atoms in total. The SMILES string of the molecule is CCNC(CCC(C)OC)c1ncnn1CC. The molecule has 0 amide bonds. The molecule has 0 fully saturated rings. The van der Waals surface area contributed by atoms with Gasteiger partial charge >= 0.3 is 0 Å². The van der Waals surface area contributed by atoms with Gasteiger partial charge in [0.25, 0.3) is 0 Å². The Morgan fingerprint density at radius 1 is 1.41 bits per heavy atom. The molecule has 1 heterocycles. The standard InChI is InChI=1S/C12H24N4O/c1-5-13-11(8-7-10(3)17-4)12-14-9-15-16(12)6-2/h9-11,13H,5-8H2,1-4H3. The lowest BCUT2D eigenvalue weighted by Crippen LogP contribution is -2.25. The third kappa shape index (κ3) is 4.09. The van der Waals surface area contributed by atoms with Gasteiger partial charge in [-0.05, 0) is 33.2 Å². The second-order valence-corrected chi connectivity index (χ2v) is 4.17. The summed E-state index contributed by atoms with van der Waals surface area (Å²) >= 11 is 0. The Hall–Kier alpha value is -0.940. The fourth-order valence-corrected chi connectivity index (χ4v) is 1.87. The van der Waals surface area contributed by atoms with Crippen LogP contribution < -0.4 is 5.32 Å². The van der Waals surface area contributed by atoms with Gasteiger partial charge in [0.05, 0.1) is 12.1 Å². The van der Waals surface area contributed by atoms with E-state index in [2.05, 4.69) is 36.2 Å². The Bertz CT molecular complexity index is 313. The highest BCUT2D eigenvalue weighted by Crippen LogP contribution is 2.17. The van der Waals surface area contributed by atoms with Crippen molar-refractivity contribution in [2.75, 3.05) is 13.7 Å². The summed E-state index contributed by atoms with van der Waals surface area (Å²) in [4.78, 5) is 4.36. The van der Waals surface area contributed by atoms with Crippen molar-refractivity contribution in [2.45, 2.75) is 52.3 Å². The summed E-state index contributed by atoms with van der Waals surface area (Å²) < 4.78 is 7.23. The van der Waals surface area contributed by atoms with Crippen LogP contribution in [0.4, 0.5) is 0 Å². The molecule has 0 radical (unpaired) electrons. The third-order valence-corrected chi connectivity index (χ3v) is 2.97. The van der Waals surface area contributed by atoms with Crippen LogP contribution >= 0.6 is 0 Å². The predicted molar refractivity (Wildman–Crippen MR) is 67.8 cm³/mol. The lowest BCUT2D eigenvalue weighted by atomic mass is 10.1. The van der Waals surface area contributed by atoms with E-state index in [1.54, 1.807) is 13.4 Å². The van der Waals surface area contributed by atoms with E-state index in [1.807, 2.05) is 4.68 Å². The average Bonchev–Trinajstić information content (AvgIpc) is 2.82. The van der Waals surface area contributed by atoms with Crippen LogP contribution in [0.3, 0.4) is 0 Å². The van der Waals surface area contributed by atoms with Crippen molar-refractivity contribution in [3.05, 3.63) is 12.2 Å². The van der Waals surface area contributed by atoms with Crippen LogP contribution in [0.5, 0.6) is 0 Å². The van der Waals surface area contributed by atoms with E-state index >= 15 is 0 Å². The molecule has 0 spiro atoms. The van der Waals surface area contributed by atoms with Gasteiger partial charge in [-0.1, -0.05) is 6.92 Å². The normalized spacial score (nSPS) is 14.8. The number of aromatic nitrogens is 3. The topological polar surface area (TPSA) is 52.0 Å². The molecule has 0 aliphatic heterocycles. The lowest BCUT2D eigenvalue weighted by molar-refractivity contribution is 0.105. The molecule has 0 aliphatic rings. The molecule has 0 saturated carbocycles. The summed E-state index contributed by atoms with van der Waals surface area (Å²) in [6.07, 6.45) is 3.95. The van der Waals surface area contributed by atoms with Crippen LogP contribution in [-0.4, -0.2) is 34.5 Å². The van der Waals surface area contributed by atoms with Crippen molar-refractivity contribution in [1.29, 1.82) is 0 Å². The monoisotopic (exact) mass is 240 g/mol. The minimum absolute atomic E-state index is 0.264. The van der Waals surface area contributed by atoms with Crippen molar-refractivity contribution in [3.8, 4) is 0 Å². The molecule has 2 unspecified atom stereocenters. The summed E-state index contributed by atoms with van der Waals surface area (Å²) in [5.74, 6) is 1.03. The van der Waals surface area contributed by atoms with Gasteiger partial charge in [-0.15, -0.1) is 0 Å². The lowest BCUT2D eigenvalue weighted by Gasteiger charge is -2.19. The number of rotatable bonds is 8. The molecular formula is C12H24N4O. The van der Waals surface area contributed by atoms with Gasteiger partial charge in [0.1, 0.15) is 12.2 Å². The number of hydrogen-bond donors (Lipinski definition) is 1. The first-order valence-electron chi connectivity index (χ1n) is 6.36. The molecule has 98 valence electrons. The third-order valence-electron chi connectivity index (χ3n) is 2.97. The van der Waals surface area contributed by atoms with Crippen molar-refractivity contribution < 1.29 is 4.74 Å². The summed E-state index contributed by atoms with van der Waals surface area (Å²) in [6, 6.07) is 0.264. The number of ether oxygens (including phenoxy) is 1. The Balaban J connectivity index is 2.64. The quantitative estimate of drug-likeness (QED) is 0.752. The van der Waals surface area contributed by atoms with Gasteiger partial charge in [0.2, 0.25) is 0 Å². The zero-order valence-corrected chi connectivity index (χ0v) is 11.3. The molecule has 17 heavy (non-hydrogen) atoms. The molecule has 1 N–H and O–H groups in total. The molecule has 5 heteroatoms. The van der Waals surface area contributed by atoms with Gasteiger partial charge in [-0.25, -0.2) is 9.67 Å². The van der Waals surface area contributed by atoms with E-state index in [-0.39, 0.29) is 12.1 Å². The largest absolute Gasteiger partial charge is 0.382 e. The fourth-order valence-electron chi connectivity index (χ4n) is 1.87.